The van der Waals surface area contributed by atoms with E-state index < -0.39 is 17.8 Å². The van der Waals surface area contributed by atoms with Crippen LogP contribution in [0.15, 0.2) is 61.9 Å². The van der Waals surface area contributed by atoms with Gasteiger partial charge in [-0.15, -0.1) is 0 Å². The standard InChI is InChI=1S/C27H26BrFN2O5S/c1-6-35-26(33)22-15(4)30-27-31(23(22)17-7-9-18(29)10-8-17)25(32)21(37-27)13-16-11-19(28)24(36-14(2)3)20(12-16)34-5/h7-14,23H,6H2,1-5H3/b21-13-/t23-/m0/s1. The summed E-state index contributed by atoms with van der Waals surface area (Å²) in [7, 11) is 1.55. The van der Waals surface area contributed by atoms with Gasteiger partial charge < -0.3 is 14.2 Å². The van der Waals surface area contributed by atoms with Crippen molar-refractivity contribution in [3.8, 4) is 11.5 Å². The van der Waals surface area contributed by atoms with Gasteiger partial charge in [-0.1, -0.05) is 23.5 Å². The number of thiazole rings is 1. The Morgan fingerprint density at radius 3 is 2.59 bits per heavy atom. The molecule has 0 unspecified atom stereocenters. The minimum Gasteiger partial charge on any atom is -0.493 e. The molecule has 0 amide bonds. The Balaban J connectivity index is 1.91. The molecule has 0 N–H and O–H groups in total. The van der Waals surface area contributed by atoms with Gasteiger partial charge in [0.15, 0.2) is 16.3 Å². The van der Waals surface area contributed by atoms with Crippen LogP contribution < -0.4 is 24.4 Å². The minimum absolute atomic E-state index is 0.0527. The van der Waals surface area contributed by atoms with Crippen molar-refractivity contribution in [1.82, 2.24) is 4.57 Å². The van der Waals surface area contributed by atoms with E-state index in [-0.39, 0.29) is 23.8 Å². The van der Waals surface area contributed by atoms with E-state index >= 15 is 0 Å². The fourth-order valence-corrected chi connectivity index (χ4v) is 5.68. The number of esters is 1. The SMILES string of the molecule is CCOC(=O)C1=C(C)N=c2s/c(=C\c3cc(Br)c(OC(C)C)c(OC)c3)c(=O)n2[C@H]1c1ccc(F)cc1. The Kier molecular flexibility index (Phi) is 7.99. The molecule has 3 aromatic rings. The summed E-state index contributed by atoms with van der Waals surface area (Å²) >= 11 is 4.74. The van der Waals surface area contributed by atoms with Gasteiger partial charge in [-0.3, -0.25) is 9.36 Å². The van der Waals surface area contributed by atoms with Crippen molar-refractivity contribution in [3.05, 3.63) is 88.8 Å². The molecule has 0 fully saturated rings. The molecule has 2 aromatic carbocycles. The third-order valence-corrected chi connectivity index (χ3v) is 7.18. The lowest BCUT2D eigenvalue weighted by atomic mass is 9.96. The van der Waals surface area contributed by atoms with Crippen molar-refractivity contribution < 1.29 is 23.4 Å². The summed E-state index contributed by atoms with van der Waals surface area (Å²) in [6.07, 6.45) is 1.68. The molecule has 0 saturated carbocycles. The maximum atomic E-state index is 13.7. The van der Waals surface area contributed by atoms with Crippen molar-refractivity contribution in [3.63, 3.8) is 0 Å². The molecule has 0 radical (unpaired) electrons. The van der Waals surface area contributed by atoms with Crippen LogP contribution >= 0.6 is 27.3 Å². The van der Waals surface area contributed by atoms with Crippen molar-refractivity contribution in [1.29, 1.82) is 0 Å². The fourth-order valence-electron chi connectivity index (χ4n) is 4.08. The zero-order valence-corrected chi connectivity index (χ0v) is 23.4. The first kappa shape index (κ1) is 26.8. The van der Waals surface area contributed by atoms with Gasteiger partial charge in [-0.05, 0) is 85.1 Å². The topological polar surface area (TPSA) is 79.1 Å². The smallest absolute Gasteiger partial charge is 0.338 e. The number of carbonyl (C=O) groups excluding carboxylic acids is 1. The second-order valence-corrected chi connectivity index (χ2v) is 10.4. The van der Waals surface area contributed by atoms with E-state index in [1.165, 1.54) is 28.0 Å². The first-order valence-corrected chi connectivity index (χ1v) is 13.2. The van der Waals surface area contributed by atoms with Crippen molar-refractivity contribution in [2.45, 2.75) is 39.8 Å². The third-order valence-electron chi connectivity index (χ3n) is 5.61. The number of fused-ring (bicyclic) bond motifs is 1. The predicted molar refractivity (Wildman–Crippen MR) is 143 cm³/mol. The number of aromatic nitrogens is 1. The van der Waals surface area contributed by atoms with Gasteiger partial charge in [0.25, 0.3) is 5.56 Å². The number of halogens is 2. The number of ether oxygens (including phenoxy) is 3. The second-order valence-electron chi connectivity index (χ2n) is 8.55. The van der Waals surface area contributed by atoms with Crippen LogP contribution in [-0.4, -0.2) is 30.4 Å². The van der Waals surface area contributed by atoms with Gasteiger partial charge in [-0.2, -0.15) is 0 Å². The lowest BCUT2D eigenvalue weighted by Crippen LogP contribution is -2.39. The van der Waals surface area contributed by atoms with Crippen LogP contribution in [-0.2, 0) is 9.53 Å². The minimum atomic E-state index is -0.804. The molecular weight excluding hydrogens is 563 g/mol. The largest absolute Gasteiger partial charge is 0.493 e. The molecule has 0 aliphatic carbocycles. The predicted octanol–water partition coefficient (Wildman–Crippen LogP) is 4.50. The Hall–Kier alpha value is -3.24. The van der Waals surface area contributed by atoms with Crippen LogP contribution in [0.1, 0.15) is 44.9 Å². The van der Waals surface area contributed by atoms with E-state index in [0.29, 0.717) is 42.1 Å². The highest BCUT2D eigenvalue weighted by Gasteiger charge is 2.33. The summed E-state index contributed by atoms with van der Waals surface area (Å²) in [4.78, 5) is 31.6. The average Bonchev–Trinajstić information content (AvgIpc) is 3.14. The number of rotatable bonds is 7. The summed E-state index contributed by atoms with van der Waals surface area (Å²) in [5.74, 6) is 0.106. The Morgan fingerprint density at radius 2 is 1.97 bits per heavy atom. The van der Waals surface area contributed by atoms with E-state index in [2.05, 4.69) is 20.9 Å². The number of benzene rings is 2. The molecule has 1 atom stereocenters. The van der Waals surface area contributed by atoms with Crippen LogP contribution in [0.3, 0.4) is 0 Å². The number of nitrogens with zero attached hydrogens (tertiary/aromatic N) is 2. The van der Waals surface area contributed by atoms with Crippen molar-refractivity contribution in [2.24, 2.45) is 4.99 Å². The first-order valence-electron chi connectivity index (χ1n) is 11.6. The molecule has 2 heterocycles. The normalized spacial score (nSPS) is 15.5. The Labute approximate surface area is 225 Å². The van der Waals surface area contributed by atoms with Crippen LogP contribution in [0.25, 0.3) is 6.08 Å². The zero-order valence-electron chi connectivity index (χ0n) is 21.0. The lowest BCUT2D eigenvalue weighted by Gasteiger charge is -2.24. The number of hydrogen-bond donors (Lipinski definition) is 0. The average molecular weight is 589 g/mol. The maximum Gasteiger partial charge on any atom is 0.338 e. The molecule has 7 nitrogen and oxygen atoms in total. The highest BCUT2D eigenvalue weighted by Crippen LogP contribution is 2.37. The van der Waals surface area contributed by atoms with Crippen LogP contribution in [0.5, 0.6) is 11.5 Å². The number of carbonyl (C=O) groups is 1. The van der Waals surface area contributed by atoms with Gasteiger partial charge in [0.05, 0.1) is 46.1 Å². The van der Waals surface area contributed by atoms with Gasteiger partial charge in [0.1, 0.15) is 5.82 Å². The molecule has 0 spiro atoms. The highest BCUT2D eigenvalue weighted by atomic mass is 79.9. The summed E-state index contributed by atoms with van der Waals surface area (Å²) in [6, 6.07) is 8.54. The summed E-state index contributed by atoms with van der Waals surface area (Å²) in [6.45, 7) is 7.42. The summed E-state index contributed by atoms with van der Waals surface area (Å²) in [5.41, 5.74) is 1.65. The van der Waals surface area contributed by atoms with Gasteiger partial charge >= 0.3 is 5.97 Å². The molecule has 37 heavy (non-hydrogen) atoms. The Morgan fingerprint density at radius 1 is 1.27 bits per heavy atom. The van der Waals surface area contributed by atoms with Gasteiger partial charge in [-0.25, -0.2) is 14.2 Å². The van der Waals surface area contributed by atoms with E-state index in [4.69, 9.17) is 14.2 Å². The molecule has 10 heteroatoms. The fraction of sp³-hybridized carbons (Fsp3) is 0.296. The first-order chi connectivity index (χ1) is 17.6. The van der Waals surface area contributed by atoms with Gasteiger partial charge in [0, 0.05) is 0 Å². The molecule has 194 valence electrons. The van der Waals surface area contributed by atoms with Gasteiger partial charge in [0.2, 0.25) is 0 Å². The number of hydrogen-bond acceptors (Lipinski definition) is 7. The van der Waals surface area contributed by atoms with Crippen LogP contribution in [0.2, 0.25) is 0 Å². The molecule has 4 rings (SSSR count). The Bertz CT molecular complexity index is 1560. The number of methoxy groups -OCH3 is 1. The molecule has 0 bridgehead atoms. The summed E-state index contributed by atoms with van der Waals surface area (Å²) in [5, 5.41) is 0. The van der Waals surface area contributed by atoms with E-state index in [0.717, 1.165) is 0 Å². The van der Waals surface area contributed by atoms with E-state index in [1.807, 2.05) is 19.9 Å². The van der Waals surface area contributed by atoms with E-state index in [1.54, 1.807) is 45.2 Å². The quantitative estimate of drug-likeness (QED) is 0.380. The van der Waals surface area contributed by atoms with Crippen LogP contribution in [0, 0.1) is 5.82 Å². The number of allylic oxidation sites excluding steroid dienone is 1. The zero-order chi connectivity index (χ0) is 26.9. The van der Waals surface area contributed by atoms with E-state index in [9.17, 15) is 14.0 Å². The van der Waals surface area contributed by atoms with Crippen LogP contribution in [0.4, 0.5) is 4.39 Å². The highest BCUT2D eigenvalue weighted by molar-refractivity contribution is 9.10. The second kappa shape index (κ2) is 11.0. The molecule has 1 aromatic heterocycles. The molecule has 1 aliphatic rings. The lowest BCUT2D eigenvalue weighted by molar-refractivity contribution is -0.139. The van der Waals surface area contributed by atoms with Crippen molar-refractivity contribution in [2.75, 3.05) is 13.7 Å². The summed E-state index contributed by atoms with van der Waals surface area (Å²) < 4.78 is 32.9. The molecule has 1 aliphatic heterocycles. The monoisotopic (exact) mass is 588 g/mol. The maximum absolute atomic E-state index is 13.7. The third kappa shape index (κ3) is 5.40. The molecule has 0 saturated heterocycles. The van der Waals surface area contributed by atoms with Crippen molar-refractivity contribution >= 4 is 39.3 Å². The molecular formula is C27H26BrFN2O5S.